The molecule has 2 rings (SSSR count). The number of hydrogen-bond acceptors (Lipinski definition) is 6. The first-order valence-corrected chi connectivity index (χ1v) is 7.12. The number of esters is 1. The van der Waals surface area contributed by atoms with Gasteiger partial charge >= 0.3 is 12.0 Å². The van der Waals surface area contributed by atoms with Crippen molar-refractivity contribution in [3.63, 3.8) is 0 Å². The predicted octanol–water partition coefficient (Wildman–Crippen LogP) is 1.41. The van der Waals surface area contributed by atoms with Crippen LogP contribution in [0.4, 0.5) is 10.5 Å². The number of nitrogens with zero attached hydrogens (tertiary/aromatic N) is 1. The number of carbonyl (C=O) groups excluding carboxylic acids is 2. The second kappa shape index (κ2) is 7.55. The predicted molar refractivity (Wildman–Crippen MR) is 83.0 cm³/mol. The van der Waals surface area contributed by atoms with Crippen molar-refractivity contribution in [2.75, 3.05) is 20.3 Å². The fraction of sp³-hybridized carbons (Fsp3) is 0.333. The summed E-state index contributed by atoms with van der Waals surface area (Å²) in [6.45, 7) is 1.86. The Bertz CT molecular complexity index is 700. The Morgan fingerprint density at radius 3 is 2.79 bits per heavy atom. The van der Waals surface area contributed by atoms with E-state index in [1.54, 1.807) is 13.0 Å². The molecular weight excluding hydrogens is 318 g/mol. The second-order valence-electron chi connectivity index (χ2n) is 5.05. The summed E-state index contributed by atoms with van der Waals surface area (Å²) in [5.74, 6) is -0.631. The molecule has 0 bridgehead atoms. The molecule has 128 valence electrons. The molecule has 24 heavy (non-hydrogen) atoms. The monoisotopic (exact) mass is 335 g/mol. The number of carbonyl (C=O) groups is 2. The standard InChI is InChI=1S/C15H17N3O6/c1-9-12(14(19)24-7-6-23-2)13(17-15(20)16-9)10-4-3-5-11(8-10)18(21)22/h3-5,8,13H,6-7H2,1-2H3,(H2,16,17,20). The van der Waals surface area contributed by atoms with E-state index in [4.69, 9.17) is 9.47 Å². The van der Waals surface area contributed by atoms with Crippen molar-refractivity contribution in [1.82, 2.24) is 10.6 Å². The zero-order chi connectivity index (χ0) is 17.7. The summed E-state index contributed by atoms with van der Waals surface area (Å²) < 4.78 is 9.93. The van der Waals surface area contributed by atoms with Gasteiger partial charge in [0.2, 0.25) is 0 Å². The summed E-state index contributed by atoms with van der Waals surface area (Å²) >= 11 is 0. The molecule has 0 radical (unpaired) electrons. The van der Waals surface area contributed by atoms with Crippen LogP contribution in [0.1, 0.15) is 18.5 Å². The lowest BCUT2D eigenvalue weighted by atomic mass is 9.95. The van der Waals surface area contributed by atoms with Crippen LogP contribution >= 0.6 is 0 Å². The average Bonchev–Trinajstić information content (AvgIpc) is 2.54. The smallest absolute Gasteiger partial charge is 0.338 e. The normalized spacial score (nSPS) is 17.1. The van der Waals surface area contributed by atoms with Gasteiger partial charge in [0.15, 0.2) is 0 Å². The number of ether oxygens (including phenoxy) is 2. The molecule has 0 aromatic heterocycles. The summed E-state index contributed by atoms with van der Waals surface area (Å²) in [5, 5.41) is 16.0. The van der Waals surface area contributed by atoms with Crippen LogP contribution in [0.15, 0.2) is 35.5 Å². The van der Waals surface area contributed by atoms with E-state index >= 15 is 0 Å². The van der Waals surface area contributed by atoms with Crippen LogP contribution in [0, 0.1) is 10.1 Å². The number of benzene rings is 1. The molecule has 1 atom stereocenters. The largest absolute Gasteiger partial charge is 0.460 e. The van der Waals surface area contributed by atoms with Crippen molar-refractivity contribution in [3.05, 3.63) is 51.2 Å². The molecule has 2 amide bonds. The molecule has 0 aliphatic carbocycles. The number of allylic oxidation sites excluding steroid dienone is 1. The van der Waals surface area contributed by atoms with Gasteiger partial charge in [0.25, 0.3) is 5.69 Å². The number of nitro groups is 1. The van der Waals surface area contributed by atoms with Gasteiger partial charge in [0, 0.05) is 24.9 Å². The third-order valence-electron chi connectivity index (χ3n) is 3.42. The molecule has 0 spiro atoms. The molecule has 1 heterocycles. The van der Waals surface area contributed by atoms with Crippen molar-refractivity contribution in [2.24, 2.45) is 0 Å². The lowest BCUT2D eigenvalue weighted by molar-refractivity contribution is -0.384. The third-order valence-corrected chi connectivity index (χ3v) is 3.42. The molecule has 0 saturated heterocycles. The molecule has 9 heteroatoms. The maximum absolute atomic E-state index is 12.3. The lowest BCUT2D eigenvalue weighted by Gasteiger charge is -2.28. The van der Waals surface area contributed by atoms with E-state index in [-0.39, 0.29) is 24.5 Å². The van der Waals surface area contributed by atoms with Gasteiger partial charge in [-0.3, -0.25) is 10.1 Å². The molecule has 1 aliphatic rings. The van der Waals surface area contributed by atoms with Crippen LogP contribution in [-0.2, 0) is 14.3 Å². The number of nitrogens with one attached hydrogen (secondary N) is 2. The maximum atomic E-state index is 12.3. The number of hydrogen-bond donors (Lipinski definition) is 2. The van der Waals surface area contributed by atoms with Gasteiger partial charge in [0.05, 0.1) is 23.1 Å². The summed E-state index contributed by atoms with van der Waals surface area (Å²) in [7, 11) is 1.48. The molecule has 9 nitrogen and oxygen atoms in total. The number of urea groups is 1. The summed E-state index contributed by atoms with van der Waals surface area (Å²) in [6, 6.07) is 4.39. The van der Waals surface area contributed by atoms with E-state index < -0.39 is 23.0 Å². The minimum Gasteiger partial charge on any atom is -0.460 e. The maximum Gasteiger partial charge on any atom is 0.338 e. The third kappa shape index (κ3) is 3.87. The number of non-ortho nitro benzene ring substituents is 1. The molecule has 2 N–H and O–H groups in total. The van der Waals surface area contributed by atoms with E-state index in [0.29, 0.717) is 11.3 Å². The minimum absolute atomic E-state index is 0.0573. The molecular formula is C15H17N3O6. The Hall–Kier alpha value is -2.94. The Kier molecular flexibility index (Phi) is 5.48. The zero-order valence-electron chi connectivity index (χ0n) is 13.2. The Labute approximate surface area is 137 Å². The first-order chi connectivity index (χ1) is 11.4. The molecule has 1 aromatic carbocycles. The van der Waals surface area contributed by atoms with Gasteiger partial charge in [-0.25, -0.2) is 9.59 Å². The van der Waals surface area contributed by atoms with Gasteiger partial charge in [-0.2, -0.15) is 0 Å². The Balaban J connectivity index is 2.36. The van der Waals surface area contributed by atoms with Crippen LogP contribution in [-0.4, -0.2) is 37.2 Å². The van der Waals surface area contributed by atoms with Gasteiger partial charge in [-0.05, 0) is 12.5 Å². The van der Waals surface area contributed by atoms with Gasteiger partial charge in [-0.1, -0.05) is 12.1 Å². The van der Waals surface area contributed by atoms with Gasteiger partial charge < -0.3 is 20.1 Å². The highest BCUT2D eigenvalue weighted by atomic mass is 16.6. The molecule has 0 saturated carbocycles. The van der Waals surface area contributed by atoms with Crippen LogP contribution in [0.3, 0.4) is 0 Å². The lowest BCUT2D eigenvalue weighted by Crippen LogP contribution is -2.45. The van der Waals surface area contributed by atoms with Crippen LogP contribution in [0.5, 0.6) is 0 Å². The highest BCUT2D eigenvalue weighted by Crippen LogP contribution is 2.29. The summed E-state index contributed by atoms with van der Waals surface area (Å²) in [5.41, 5.74) is 0.797. The quantitative estimate of drug-likeness (QED) is 0.351. The number of nitro benzene ring substituents is 1. The van der Waals surface area contributed by atoms with E-state index in [2.05, 4.69) is 10.6 Å². The molecule has 1 unspecified atom stereocenters. The topological polar surface area (TPSA) is 120 Å². The minimum atomic E-state index is -0.839. The highest BCUT2D eigenvalue weighted by Gasteiger charge is 2.32. The average molecular weight is 335 g/mol. The van der Waals surface area contributed by atoms with Crippen molar-refractivity contribution < 1.29 is 24.0 Å². The van der Waals surface area contributed by atoms with Crippen LogP contribution < -0.4 is 10.6 Å². The van der Waals surface area contributed by atoms with Gasteiger partial charge in [-0.15, -0.1) is 0 Å². The first kappa shape index (κ1) is 17.4. The van der Waals surface area contributed by atoms with Crippen molar-refractivity contribution in [3.8, 4) is 0 Å². The molecule has 0 fully saturated rings. The SMILES string of the molecule is COCCOC(=O)C1=C(C)NC(=O)NC1c1cccc([N+](=O)[O-])c1. The zero-order valence-corrected chi connectivity index (χ0v) is 13.2. The Morgan fingerprint density at radius 2 is 2.12 bits per heavy atom. The van der Waals surface area contributed by atoms with Crippen molar-refractivity contribution in [1.29, 1.82) is 0 Å². The van der Waals surface area contributed by atoms with Crippen molar-refractivity contribution in [2.45, 2.75) is 13.0 Å². The summed E-state index contributed by atoms with van der Waals surface area (Å²) in [4.78, 5) is 34.5. The second-order valence-corrected chi connectivity index (χ2v) is 5.05. The molecule has 1 aliphatic heterocycles. The first-order valence-electron chi connectivity index (χ1n) is 7.12. The number of methoxy groups -OCH3 is 1. The fourth-order valence-electron chi connectivity index (χ4n) is 2.33. The van der Waals surface area contributed by atoms with Gasteiger partial charge in [0.1, 0.15) is 6.61 Å². The Morgan fingerprint density at radius 1 is 1.38 bits per heavy atom. The summed E-state index contributed by atoms with van der Waals surface area (Å²) in [6.07, 6.45) is 0. The highest BCUT2D eigenvalue weighted by molar-refractivity contribution is 5.95. The molecule has 1 aromatic rings. The van der Waals surface area contributed by atoms with E-state index in [0.717, 1.165) is 0 Å². The number of amides is 2. The van der Waals surface area contributed by atoms with Crippen LogP contribution in [0.2, 0.25) is 0 Å². The fourth-order valence-corrected chi connectivity index (χ4v) is 2.33. The number of rotatable bonds is 6. The van der Waals surface area contributed by atoms with Crippen molar-refractivity contribution >= 4 is 17.7 Å². The van der Waals surface area contributed by atoms with E-state index in [9.17, 15) is 19.7 Å². The van der Waals surface area contributed by atoms with E-state index in [1.165, 1.54) is 25.3 Å². The van der Waals surface area contributed by atoms with E-state index in [1.807, 2.05) is 0 Å². The van der Waals surface area contributed by atoms with Crippen LogP contribution in [0.25, 0.3) is 0 Å².